The fourth-order valence-electron chi connectivity index (χ4n) is 3.03. The molecule has 0 saturated carbocycles. The van der Waals surface area contributed by atoms with Crippen LogP contribution in [0, 0.1) is 6.57 Å². The standard InChI is InChI=1S/C24H17FN4OS2/c1-15(25)32-23-20(7-4-12-27-23)22(30)29-24-28-21(14-31-24)18-6-3-5-17(13-18)16-8-10-19(26-2)11-9-16/h3-15H,1H3,(H,28,29,30). The molecule has 4 aromatic rings. The van der Waals surface area contributed by atoms with Crippen molar-refractivity contribution in [2.75, 3.05) is 5.32 Å². The number of carbonyl (C=O) groups is 1. The Morgan fingerprint density at radius 3 is 2.66 bits per heavy atom. The minimum absolute atomic E-state index is 0.309. The Kier molecular flexibility index (Phi) is 6.59. The summed E-state index contributed by atoms with van der Waals surface area (Å²) in [5.41, 5.74) is 3.40. The lowest BCUT2D eigenvalue weighted by Crippen LogP contribution is -2.13. The number of anilines is 1. The molecule has 1 N–H and O–H groups in total. The number of carbonyl (C=O) groups excluding carboxylic acids is 1. The summed E-state index contributed by atoms with van der Waals surface area (Å²) >= 11 is 2.21. The molecular weight excluding hydrogens is 443 g/mol. The quantitative estimate of drug-likeness (QED) is 0.247. The van der Waals surface area contributed by atoms with Crippen LogP contribution >= 0.6 is 23.1 Å². The topological polar surface area (TPSA) is 59.2 Å². The number of thiazole rings is 1. The molecule has 0 aliphatic rings. The van der Waals surface area contributed by atoms with Gasteiger partial charge >= 0.3 is 0 Å². The third-order valence-electron chi connectivity index (χ3n) is 4.50. The van der Waals surface area contributed by atoms with Crippen LogP contribution in [0.2, 0.25) is 0 Å². The average molecular weight is 461 g/mol. The van der Waals surface area contributed by atoms with Crippen molar-refractivity contribution in [2.24, 2.45) is 0 Å². The van der Waals surface area contributed by atoms with Gasteiger partial charge in [-0.3, -0.25) is 10.1 Å². The molecular formula is C24H17FN4OS2. The van der Waals surface area contributed by atoms with Gasteiger partial charge in [-0.1, -0.05) is 54.2 Å². The zero-order valence-electron chi connectivity index (χ0n) is 16.9. The lowest BCUT2D eigenvalue weighted by Gasteiger charge is -2.08. The van der Waals surface area contributed by atoms with E-state index in [1.165, 1.54) is 24.5 Å². The first-order chi connectivity index (χ1) is 15.5. The second-order valence-electron chi connectivity index (χ2n) is 6.75. The molecule has 1 amide bonds. The van der Waals surface area contributed by atoms with Gasteiger partial charge in [0.15, 0.2) is 10.8 Å². The fraction of sp³-hybridized carbons (Fsp3) is 0.0833. The van der Waals surface area contributed by atoms with E-state index in [1.54, 1.807) is 24.3 Å². The smallest absolute Gasteiger partial charge is 0.260 e. The van der Waals surface area contributed by atoms with Crippen LogP contribution in [0.1, 0.15) is 17.3 Å². The number of benzene rings is 2. The lowest BCUT2D eigenvalue weighted by atomic mass is 10.0. The lowest BCUT2D eigenvalue weighted by molar-refractivity contribution is 0.102. The van der Waals surface area contributed by atoms with Crippen LogP contribution in [-0.2, 0) is 0 Å². The first kappa shape index (κ1) is 21.7. The van der Waals surface area contributed by atoms with Gasteiger partial charge in [0.1, 0.15) is 10.5 Å². The van der Waals surface area contributed by atoms with Crippen molar-refractivity contribution in [3.05, 3.63) is 89.2 Å². The Bertz CT molecular complexity index is 1300. The Morgan fingerprint density at radius 1 is 1.12 bits per heavy atom. The Hall–Kier alpha value is -3.54. The number of amides is 1. The van der Waals surface area contributed by atoms with E-state index in [9.17, 15) is 9.18 Å². The highest BCUT2D eigenvalue weighted by atomic mass is 32.2. The molecule has 1 unspecified atom stereocenters. The molecule has 158 valence electrons. The number of nitrogens with one attached hydrogen (secondary N) is 1. The molecule has 2 aromatic heterocycles. The number of hydrogen-bond donors (Lipinski definition) is 1. The number of rotatable bonds is 6. The van der Waals surface area contributed by atoms with Crippen molar-refractivity contribution < 1.29 is 9.18 Å². The van der Waals surface area contributed by atoms with Crippen LogP contribution in [0.25, 0.3) is 27.2 Å². The first-order valence-electron chi connectivity index (χ1n) is 9.64. The van der Waals surface area contributed by atoms with Gasteiger partial charge in [-0.2, -0.15) is 0 Å². The molecule has 1 atom stereocenters. The molecule has 0 fully saturated rings. The predicted molar refractivity (Wildman–Crippen MR) is 128 cm³/mol. The van der Waals surface area contributed by atoms with E-state index in [4.69, 9.17) is 6.57 Å². The molecule has 32 heavy (non-hydrogen) atoms. The minimum Gasteiger partial charge on any atom is -0.298 e. The summed E-state index contributed by atoms with van der Waals surface area (Å²) in [6, 6.07) is 18.6. The monoisotopic (exact) mass is 460 g/mol. The van der Waals surface area contributed by atoms with Gasteiger partial charge in [-0.15, -0.1) is 11.3 Å². The van der Waals surface area contributed by atoms with E-state index in [-0.39, 0.29) is 5.91 Å². The summed E-state index contributed by atoms with van der Waals surface area (Å²) in [6.45, 7) is 8.48. The van der Waals surface area contributed by atoms with Crippen molar-refractivity contribution in [2.45, 2.75) is 17.5 Å². The van der Waals surface area contributed by atoms with Gasteiger partial charge in [0.05, 0.1) is 17.8 Å². The second kappa shape index (κ2) is 9.73. The summed E-state index contributed by atoms with van der Waals surface area (Å²) in [4.78, 5) is 24.8. The Labute approximate surface area is 193 Å². The summed E-state index contributed by atoms with van der Waals surface area (Å²) < 4.78 is 13.4. The third-order valence-corrected chi connectivity index (χ3v) is 6.13. The number of alkyl halides is 1. The summed E-state index contributed by atoms with van der Waals surface area (Å²) in [5.74, 6) is -0.379. The molecule has 4 rings (SSSR count). The average Bonchev–Trinajstić information content (AvgIpc) is 3.27. The Balaban J connectivity index is 1.53. The molecule has 2 aromatic carbocycles. The van der Waals surface area contributed by atoms with E-state index in [0.717, 1.165) is 34.1 Å². The first-order valence-corrected chi connectivity index (χ1v) is 11.4. The van der Waals surface area contributed by atoms with Crippen LogP contribution in [0.15, 0.2) is 77.3 Å². The van der Waals surface area contributed by atoms with Crippen molar-refractivity contribution in [1.29, 1.82) is 0 Å². The normalized spacial score (nSPS) is 11.5. The van der Waals surface area contributed by atoms with Crippen molar-refractivity contribution in [3.8, 4) is 22.4 Å². The summed E-state index contributed by atoms with van der Waals surface area (Å²) in [5, 5.41) is 5.45. The SMILES string of the molecule is [C-]#[N+]c1ccc(-c2cccc(-c3csc(NC(=O)c4cccnc4SC(C)F)n3)c2)cc1. The van der Waals surface area contributed by atoms with Gasteiger partial charge in [-0.05, 0) is 36.2 Å². The van der Waals surface area contributed by atoms with Crippen molar-refractivity contribution in [3.63, 3.8) is 0 Å². The maximum atomic E-state index is 13.4. The van der Waals surface area contributed by atoms with Crippen LogP contribution in [-0.4, -0.2) is 21.4 Å². The molecule has 0 radical (unpaired) electrons. The molecule has 2 heterocycles. The fourth-order valence-corrected chi connectivity index (χ4v) is 4.46. The van der Waals surface area contributed by atoms with E-state index in [2.05, 4.69) is 20.1 Å². The van der Waals surface area contributed by atoms with Gasteiger partial charge < -0.3 is 0 Å². The number of hydrogen-bond acceptors (Lipinski definition) is 5. The summed E-state index contributed by atoms with van der Waals surface area (Å²) in [6.07, 6.45) is 1.53. The van der Waals surface area contributed by atoms with Gasteiger partial charge in [0.2, 0.25) is 0 Å². The predicted octanol–water partition coefficient (Wildman–Crippen LogP) is 7.08. The maximum Gasteiger partial charge on any atom is 0.260 e. The van der Waals surface area contributed by atoms with E-state index < -0.39 is 5.50 Å². The molecule has 0 spiro atoms. The van der Waals surface area contributed by atoms with Crippen LogP contribution < -0.4 is 5.32 Å². The number of thioether (sulfide) groups is 1. The van der Waals surface area contributed by atoms with Crippen LogP contribution in [0.3, 0.4) is 0 Å². The highest BCUT2D eigenvalue weighted by molar-refractivity contribution is 7.99. The zero-order valence-corrected chi connectivity index (χ0v) is 18.6. The molecule has 0 bridgehead atoms. The van der Waals surface area contributed by atoms with E-state index in [0.29, 0.717) is 21.4 Å². The van der Waals surface area contributed by atoms with Crippen LogP contribution in [0.5, 0.6) is 0 Å². The van der Waals surface area contributed by atoms with Gasteiger partial charge in [0.25, 0.3) is 5.91 Å². The number of pyridine rings is 1. The molecule has 8 heteroatoms. The number of aromatic nitrogens is 2. The van der Waals surface area contributed by atoms with Crippen LogP contribution in [0.4, 0.5) is 15.2 Å². The van der Waals surface area contributed by atoms with E-state index in [1.807, 2.05) is 41.8 Å². The highest BCUT2D eigenvalue weighted by Crippen LogP contribution is 2.31. The van der Waals surface area contributed by atoms with E-state index >= 15 is 0 Å². The molecule has 0 aliphatic carbocycles. The zero-order chi connectivity index (χ0) is 22.5. The van der Waals surface area contributed by atoms with Gasteiger partial charge in [-0.25, -0.2) is 19.2 Å². The van der Waals surface area contributed by atoms with Crippen molar-refractivity contribution >= 4 is 39.8 Å². The molecule has 0 aliphatic heterocycles. The number of halogens is 1. The van der Waals surface area contributed by atoms with Gasteiger partial charge in [0, 0.05) is 17.1 Å². The van der Waals surface area contributed by atoms with Crippen molar-refractivity contribution in [1.82, 2.24) is 9.97 Å². The largest absolute Gasteiger partial charge is 0.298 e. The maximum absolute atomic E-state index is 13.4. The minimum atomic E-state index is -1.17. The highest BCUT2D eigenvalue weighted by Gasteiger charge is 2.17. The Morgan fingerprint density at radius 2 is 1.91 bits per heavy atom. The second-order valence-corrected chi connectivity index (χ2v) is 8.88. The molecule has 0 saturated heterocycles. The molecule has 5 nitrogen and oxygen atoms in total. The summed E-state index contributed by atoms with van der Waals surface area (Å²) in [7, 11) is 0. The number of nitrogens with zero attached hydrogens (tertiary/aromatic N) is 3. The third kappa shape index (κ3) is 5.02.